The predicted molar refractivity (Wildman–Crippen MR) is 124 cm³/mol. The smallest absolute Gasteiger partial charge is 0.300 e. The Labute approximate surface area is 191 Å². The Morgan fingerprint density at radius 3 is 2.30 bits per heavy atom. The van der Waals surface area contributed by atoms with Gasteiger partial charge in [-0.05, 0) is 67.1 Å². The standard InChI is InChI=1S/C26H24N2O5/c1-3-16-33-20-11-7-17(8-12-20)24(29)22-23(21-6-4-5-15-27-21)28(26(31)25(22)30)18-9-13-19(32-2)14-10-18/h4-15,23,29H,3,16H2,1-2H3/b24-22-. The first-order valence-corrected chi connectivity index (χ1v) is 10.6. The highest BCUT2D eigenvalue weighted by Crippen LogP contribution is 2.41. The number of pyridine rings is 1. The molecular weight excluding hydrogens is 420 g/mol. The van der Waals surface area contributed by atoms with Crippen molar-refractivity contribution < 1.29 is 24.2 Å². The molecule has 168 valence electrons. The second-order valence-corrected chi connectivity index (χ2v) is 7.49. The summed E-state index contributed by atoms with van der Waals surface area (Å²) in [6.45, 7) is 2.59. The molecule has 1 atom stereocenters. The van der Waals surface area contributed by atoms with Gasteiger partial charge in [0.05, 0.1) is 25.0 Å². The molecule has 4 rings (SSSR count). The predicted octanol–water partition coefficient (Wildman–Crippen LogP) is 4.51. The van der Waals surface area contributed by atoms with E-state index >= 15 is 0 Å². The molecule has 7 nitrogen and oxygen atoms in total. The van der Waals surface area contributed by atoms with E-state index in [1.807, 2.05) is 6.92 Å². The van der Waals surface area contributed by atoms with Gasteiger partial charge in [-0.15, -0.1) is 0 Å². The Morgan fingerprint density at radius 1 is 1.00 bits per heavy atom. The van der Waals surface area contributed by atoms with Crippen LogP contribution in [0.4, 0.5) is 5.69 Å². The lowest BCUT2D eigenvalue weighted by atomic mass is 9.98. The number of Topliss-reactive ketones (excluding diaryl/α,β-unsaturated/α-hetero) is 1. The van der Waals surface area contributed by atoms with Gasteiger partial charge in [0.2, 0.25) is 0 Å². The molecule has 0 saturated carbocycles. The van der Waals surface area contributed by atoms with Crippen LogP contribution in [0.3, 0.4) is 0 Å². The average Bonchev–Trinajstić information content (AvgIpc) is 3.13. The highest BCUT2D eigenvalue weighted by Gasteiger charge is 2.47. The summed E-state index contributed by atoms with van der Waals surface area (Å²) in [6.07, 6.45) is 2.46. The van der Waals surface area contributed by atoms with E-state index in [0.29, 0.717) is 35.1 Å². The number of carbonyl (C=O) groups excluding carboxylic acids is 2. The van der Waals surface area contributed by atoms with Gasteiger partial charge >= 0.3 is 0 Å². The Balaban J connectivity index is 1.81. The Hall–Kier alpha value is -4.13. The number of hydrogen-bond donors (Lipinski definition) is 1. The zero-order valence-corrected chi connectivity index (χ0v) is 18.4. The summed E-state index contributed by atoms with van der Waals surface area (Å²) in [5.74, 6) is -0.490. The molecule has 2 heterocycles. The molecule has 1 saturated heterocycles. The molecule has 1 aromatic heterocycles. The molecule has 7 heteroatoms. The van der Waals surface area contributed by atoms with Crippen LogP contribution in [-0.2, 0) is 9.59 Å². The van der Waals surface area contributed by atoms with Crippen molar-refractivity contribution in [1.82, 2.24) is 4.98 Å². The van der Waals surface area contributed by atoms with Crippen LogP contribution in [0, 0.1) is 0 Å². The quantitative estimate of drug-likeness (QED) is 0.328. The minimum atomic E-state index is -0.879. The van der Waals surface area contributed by atoms with Crippen molar-refractivity contribution in [3.8, 4) is 11.5 Å². The third kappa shape index (κ3) is 4.30. The maximum atomic E-state index is 13.1. The van der Waals surface area contributed by atoms with E-state index in [-0.39, 0.29) is 11.3 Å². The van der Waals surface area contributed by atoms with E-state index in [1.54, 1.807) is 80.0 Å². The van der Waals surface area contributed by atoms with Crippen LogP contribution >= 0.6 is 0 Å². The van der Waals surface area contributed by atoms with Gasteiger partial charge in [0.1, 0.15) is 23.3 Å². The largest absolute Gasteiger partial charge is 0.507 e. The molecular formula is C26H24N2O5. The second-order valence-electron chi connectivity index (χ2n) is 7.49. The summed E-state index contributed by atoms with van der Waals surface area (Å²) in [7, 11) is 1.55. The zero-order valence-electron chi connectivity index (χ0n) is 18.4. The van der Waals surface area contributed by atoms with Crippen molar-refractivity contribution in [1.29, 1.82) is 0 Å². The molecule has 0 bridgehead atoms. The van der Waals surface area contributed by atoms with Crippen LogP contribution in [-0.4, -0.2) is 35.5 Å². The fourth-order valence-corrected chi connectivity index (χ4v) is 3.74. The number of benzene rings is 2. The number of aliphatic hydroxyl groups is 1. The minimum absolute atomic E-state index is 0.0169. The number of anilines is 1. The number of aliphatic hydroxyl groups excluding tert-OH is 1. The van der Waals surface area contributed by atoms with Gasteiger partial charge in [0.25, 0.3) is 11.7 Å². The van der Waals surface area contributed by atoms with Crippen molar-refractivity contribution in [2.75, 3.05) is 18.6 Å². The summed E-state index contributed by atoms with van der Waals surface area (Å²) in [5.41, 5.74) is 1.36. The molecule has 1 unspecified atom stereocenters. The van der Waals surface area contributed by atoms with Crippen LogP contribution < -0.4 is 14.4 Å². The number of hydrogen-bond acceptors (Lipinski definition) is 6. The van der Waals surface area contributed by atoms with Crippen molar-refractivity contribution >= 4 is 23.1 Å². The monoisotopic (exact) mass is 444 g/mol. The van der Waals surface area contributed by atoms with E-state index in [0.717, 1.165) is 6.42 Å². The molecule has 0 radical (unpaired) electrons. The lowest BCUT2D eigenvalue weighted by molar-refractivity contribution is -0.132. The van der Waals surface area contributed by atoms with Gasteiger partial charge in [-0.1, -0.05) is 13.0 Å². The van der Waals surface area contributed by atoms with Crippen LogP contribution in [0.1, 0.15) is 30.6 Å². The lowest BCUT2D eigenvalue weighted by Crippen LogP contribution is -2.29. The average molecular weight is 444 g/mol. The highest BCUT2D eigenvalue weighted by atomic mass is 16.5. The summed E-state index contributed by atoms with van der Waals surface area (Å²) in [4.78, 5) is 32.0. The fourth-order valence-electron chi connectivity index (χ4n) is 3.74. The topological polar surface area (TPSA) is 89.0 Å². The van der Waals surface area contributed by atoms with E-state index < -0.39 is 17.7 Å². The Bertz CT molecular complexity index is 1170. The zero-order chi connectivity index (χ0) is 23.4. The van der Waals surface area contributed by atoms with E-state index in [2.05, 4.69) is 4.98 Å². The number of nitrogens with zero attached hydrogens (tertiary/aromatic N) is 2. The number of amides is 1. The van der Waals surface area contributed by atoms with E-state index in [9.17, 15) is 14.7 Å². The number of ether oxygens (including phenoxy) is 2. The SMILES string of the molecule is CCCOc1ccc(/C(O)=C2/C(=O)C(=O)N(c3ccc(OC)cc3)C2c2ccccn2)cc1. The maximum absolute atomic E-state index is 13.1. The maximum Gasteiger partial charge on any atom is 0.300 e. The van der Waals surface area contributed by atoms with Gasteiger partial charge in [-0.25, -0.2) is 0 Å². The van der Waals surface area contributed by atoms with Gasteiger partial charge in [-0.3, -0.25) is 19.5 Å². The Kier molecular flexibility index (Phi) is 6.40. The van der Waals surface area contributed by atoms with Crippen molar-refractivity contribution in [3.63, 3.8) is 0 Å². The molecule has 1 N–H and O–H groups in total. The number of aromatic nitrogens is 1. The molecule has 1 aliphatic rings. The third-order valence-corrected chi connectivity index (χ3v) is 5.36. The summed E-state index contributed by atoms with van der Waals surface area (Å²) < 4.78 is 10.8. The number of methoxy groups -OCH3 is 1. The molecule has 2 aromatic carbocycles. The molecule has 0 spiro atoms. The van der Waals surface area contributed by atoms with Gasteiger partial charge in [-0.2, -0.15) is 0 Å². The molecule has 1 fully saturated rings. The molecule has 3 aromatic rings. The van der Waals surface area contributed by atoms with Crippen molar-refractivity contribution in [2.24, 2.45) is 0 Å². The summed E-state index contributed by atoms with van der Waals surface area (Å²) in [6, 6.07) is 17.9. The number of carbonyl (C=O) groups is 2. The first-order chi connectivity index (χ1) is 16.0. The summed E-state index contributed by atoms with van der Waals surface area (Å²) >= 11 is 0. The summed E-state index contributed by atoms with van der Waals surface area (Å²) in [5, 5.41) is 11.1. The number of rotatable bonds is 7. The Morgan fingerprint density at radius 2 is 1.70 bits per heavy atom. The van der Waals surface area contributed by atoms with Crippen molar-refractivity contribution in [3.05, 3.63) is 89.8 Å². The van der Waals surface area contributed by atoms with E-state index in [1.165, 1.54) is 4.90 Å². The van der Waals surface area contributed by atoms with E-state index in [4.69, 9.17) is 9.47 Å². The van der Waals surface area contributed by atoms with Gasteiger partial charge in [0.15, 0.2) is 0 Å². The molecule has 33 heavy (non-hydrogen) atoms. The van der Waals surface area contributed by atoms with Crippen LogP contribution in [0.15, 0.2) is 78.5 Å². The second kappa shape index (κ2) is 9.56. The van der Waals surface area contributed by atoms with Crippen LogP contribution in [0.25, 0.3) is 5.76 Å². The fraction of sp³-hybridized carbons (Fsp3) is 0.192. The van der Waals surface area contributed by atoms with Gasteiger partial charge in [0, 0.05) is 17.4 Å². The van der Waals surface area contributed by atoms with Gasteiger partial charge < -0.3 is 14.6 Å². The highest BCUT2D eigenvalue weighted by molar-refractivity contribution is 6.51. The van der Waals surface area contributed by atoms with Crippen LogP contribution in [0.2, 0.25) is 0 Å². The number of ketones is 1. The minimum Gasteiger partial charge on any atom is -0.507 e. The van der Waals surface area contributed by atoms with Crippen LogP contribution in [0.5, 0.6) is 11.5 Å². The molecule has 0 aliphatic carbocycles. The lowest BCUT2D eigenvalue weighted by Gasteiger charge is -2.24. The van der Waals surface area contributed by atoms with Crippen molar-refractivity contribution in [2.45, 2.75) is 19.4 Å². The first kappa shape index (κ1) is 22.1. The molecule has 1 aliphatic heterocycles. The third-order valence-electron chi connectivity index (χ3n) is 5.36. The normalized spacial score (nSPS) is 17.3. The molecule has 1 amide bonds. The first-order valence-electron chi connectivity index (χ1n) is 10.6.